The van der Waals surface area contributed by atoms with Crippen LogP contribution in [0.15, 0.2) is 29.9 Å². The molecule has 1 unspecified atom stereocenters. The molecule has 0 saturated heterocycles. The minimum atomic E-state index is -0.457. The van der Waals surface area contributed by atoms with Gasteiger partial charge in [0.25, 0.3) is 0 Å². The maximum absolute atomic E-state index is 9.69. The van der Waals surface area contributed by atoms with E-state index in [1.165, 1.54) is 0 Å². The Bertz CT molecular complexity index is 606. The van der Waals surface area contributed by atoms with Crippen molar-refractivity contribution in [3.63, 3.8) is 0 Å². The number of aromatic nitrogens is 2. The van der Waals surface area contributed by atoms with Crippen molar-refractivity contribution in [2.45, 2.75) is 31.8 Å². The highest BCUT2D eigenvalue weighted by Crippen LogP contribution is 2.41. The van der Waals surface area contributed by atoms with Gasteiger partial charge in [-0.25, -0.2) is 4.98 Å². The van der Waals surface area contributed by atoms with E-state index < -0.39 is 5.54 Å². The smallest absolute Gasteiger partial charge is 0.150 e. The summed E-state index contributed by atoms with van der Waals surface area (Å²) in [5.41, 5.74) is -0.457. The second-order valence-corrected chi connectivity index (χ2v) is 6.19. The highest BCUT2D eigenvalue weighted by molar-refractivity contribution is 7.13. The summed E-state index contributed by atoms with van der Waals surface area (Å²) in [6.07, 6.45) is 6.07. The number of thiophene rings is 1. The van der Waals surface area contributed by atoms with Crippen LogP contribution in [-0.4, -0.2) is 21.6 Å². The minimum absolute atomic E-state index is 0.457. The van der Waals surface area contributed by atoms with E-state index in [1.54, 1.807) is 11.3 Å². The van der Waals surface area contributed by atoms with Crippen LogP contribution in [0.3, 0.4) is 0 Å². The average Bonchev–Trinajstić information content (AvgIpc) is 3.00. The van der Waals surface area contributed by atoms with Crippen LogP contribution >= 0.6 is 11.3 Å². The average molecular weight is 286 g/mol. The Hall–Kier alpha value is -1.64. The molecule has 1 fully saturated rings. The Labute approximate surface area is 123 Å². The summed E-state index contributed by atoms with van der Waals surface area (Å²) < 4.78 is 2.11. The second-order valence-electron chi connectivity index (χ2n) is 5.24. The Kier molecular flexibility index (Phi) is 3.60. The topological polar surface area (TPSA) is 53.6 Å². The van der Waals surface area contributed by atoms with E-state index in [0.717, 1.165) is 30.1 Å². The van der Waals surface area contributed by atoms with Gasteiger partial charge in [-0.3, -0.25) is 5.32 Å². The highest BCUT2D eigenvalue weighted by Gasteiger charge is 2.45. The maximum Gasteiger partial charge on any atom is 0.150 e. The van der Waals surface area contributed by atoms with Gasteiger partial charge < -0.3 is 4.57 Å². The minimum Gasteiger partial charge on any atom is -0.327 e. The second kappa shape index (κ2) is 5.39. The molecule has 1 saturated carbocycles. The van der Waals surface area contributed by atoms with Crippen molar-refractivity contribution in [3.05, 3.63) is 29.9 Å². The molecule has 0 spiro atoms. The molecule has 2 aromatic rings. The molecule has 0 aliphatic heterocycles. The van der Waals surface area contributed by atoms with Crippen molar-refractivity contribution in [2.24, 2.45) is 5.92 Å². The number of hydrogen-bond acceptors (Lipinski definition) is 4. The van der Waals surface area contributed by atoms with Crippen molar-refractivity contribution in [1.82, 2.24) is 14.9 Å². The zero-order valence-corrected chi connectivity index (χ0v) is 12.4. The fraction of sp³-hybridized carbons (Fsp3) is 0.467. The molecule has 1 aliphatic rings. The molecule has 1 N–H and O–H groups in total. The SMILES string of the molecule is CCNC(C#N)(Cn1ccnc1-c1cccs1)C1CC1. The molecule has 104 valence electrons. The summed E-state index contributed by atoms with van der Waals surface area (Å²) in [6, 6.07) is 6.63. The number of nitrogens with zero attached hydrogens (tertiary/aromatic N) is 3. The molecule has 3 rings (SSSR count). The van der Waals surface area contributed by atoms with Crippen molar-refractivity contribution >= 4 is 11.3 Å². The zero-order chi connectivity index (χ0) is 14.0. The first-order chi connectivity index (χ1) is 9.79. The molecule has 0 aromatic carbocycles. The lowest BCUT2D eigenvalue weighted by Gasteiger charge is -2.28. The number of hydrogen-bond donors (Lipinski definition) is 1. The van der Waals surface area contributed by atoms with Gasteiger partial charge >= 0.3 is 0 Å². The van der Waals surface area contributed by atoms with Gasteiger partial charge in [-0.05, 0) is 36.8 Å². The van der Waals surface area contributed by atoms with Crippen LogP contribution in [0.4, 0.5) is 0 Å². The summed E-state index contributed by atoms with van der Waals surface area (Å²) in [5, 5.41) is 15.2. The Morgan fingerprint density at radius 1 is 1.60 bits per heavy atom. The molecular weight excluding hydrogens is 268 g/mol. The molecule has 1 atom stereocenters. The summed E-state index contributed by atoms with van der Waals surface area (Å²) in [4.78, 5) is 5.60. The normalized spacial score (nSPS) is 17.6. The van der Waals surface area contributed by atoms with E-state index in [4.69, 9.17) is 0 Å². The number of nitriles is 1. The fourth-order valence-electron chi connectivity index (χ4n) is 2.72. The van der Waals surface area contributed by atoms with Gasteiger partial charge in [-0.2, -0.15) is 5.26 Å². The van der Waals surface area contributed by atoms with E-state index >= 15 is 0 Å². The van der Waals surface area contributed by atoms with E-state index in [-0.39, 0.29) is 0 Å². The number of imidazole rings is 1. The number of likely N-dealkylation sites (N-methyl/N-ethyl adjacent to an activating group) is 1. The van der Waals surface area contributed by atoms with Crippen LogP contribution < -0.4 is 5.32 Å². The van der Waals surface area contributed by atoms with Crippen molar-refractivity contribution in [2.75, 3.05) is 6.54 Å². The first-order valence-corrected chi connectivity index (χ1v) is 7.88. The monoisotopic (exact) mass is 286 g/mol. The predicted molar refractivity (Wildman–Crippen MR) is 80.3 cm³/mol. The molecule has 0 radical (unpaired) electrons. The molecule has 4 nitrogen and oxygen atoms in total. The third-order valence-corrected chi connectivity index (χ3v) is 4.71. The van der Waals surface area contributed by atoms with Gasteiger partial charge in [0, 0.05) is 12.4 Å². The largest absolute Gasteiger partial charge is 0.327 e. The lowest BCUT2D eigenvalue weighted by atomic mass is 9.94. The van der Waals surface area contributed by atoms with Crippen molar-refractivity contribution in [1.29, 1.82) is 5.26 Å². The van der Waals surface area contributed by atoms with Crippen LogP contribution in [0.2, 0.25) is 0 Å². The Morgan fingerprint density at radius 2 is 2.45 bits per heavy atom. The lowest BCUT2D eigenvalue weighted by molar-refractivity contribution is 0.326. The molecule has 20 heavy (non-hydrogen) atoms. The zero-order valence-electron chi connectivity index (χ0n) is 11.5. The molecule has 5 heteroatoms. The van der Waals surface area contributed by atoms with Crippen LogP contribution in [0, 0.1) is 17.2 Å². The van der Waals surface area contributed by atoms with Gasteiger partial charge in [0.15, 0.2) is 0 Å². The van der Waals surface area contributed by atoms with E-state index in [2.05, 4.69) is 39.3 Å². The summed E-state index contributed by atoms with van der Waals surface area (Å²) in [6.45, 7) is 3.53. The quantitative estimate of drug-likeness (QED) is 0.888. The molecular formula is C15H18N4S. The highest BCUT2D eigenvalue weighted by atomic mass is 32.1. The first kappa shape index (κ1) is 13.3. The van der Waals surface area contributed by atoms with Gasteiger partial charge in [-0.15, -0.1) is 11.3 Å². The summed E-state index contributed by atoms with van der Waals surface area (Å²) in [5.74, 6) is 1.42. The Morgan fingerprint density at radius 3 is 3.05 bits per heavy atom. The third kappa shape index (κ3) is 2.37. The molecule has 2 aromatic heterocycles. The molecule has 0 amide bonds. The first-order valence-electron chi connectivity index (χ1n) is 7.00. The summed E-state index contributed by atoms with van der Waals surface area (Å²) >= 11 is 1.68. The van der Waals surface area contributed by atoms with Crippen LogP contribution in [0.1, 0.15) is 19.8 Å². The van der Waals surface area contributed by atoms with Gasteiger partial charge in [-0.1, -0.05) is 13.0 Å². The van der Waals surface area contributed by atoms with Gasteiger partial charge in [0.1, 0.15) is 11.4 Å². The fourth-order valence-corrected chi connectivity index (χ4v) is 3.46. The van der Waals surface area contributed by atoms with Crippen molar-refractivity contribution < 1.29 is 0 Å². The van der Waals surface area contributed by atoms with E-state index in [0.29, 0.717) is 12.5 Å². The van der Waals surface area contributed by atoms with Crippen LogP contribution in [-0.2, 0) is 6.54 Å². The molecule has 2 heterocycles. The molecule has 0 bridgehead atoms. The van der Waals surface area contributed by atoms with E-state index in [9.17, 15) is 5.26 Å². The van der Waals surface area contributed by atoms with Gasteiger partial charge in [0.2, 0.25) is 0 Å². The van der Waals surface area contributed by atoms with Crippen molar-refractivity contribution in [3.8, 4) is 16.8 Å². The van der Waals surface area contributed by atoms with E-state index in [1.807, 2.05) is 18.5 Å². The predicted octanol–water partition coefficient (Wildman–Crippen LogP) is 2.89. The number of rotatable bonds is 6. The summed E-state index contributed by atoms with van der Waals surface area (Å²) in [7, 11) is 0. The third-order valence-electron chi connectivity index (χ3n) is 3.84. The lowest BCUT2D eigenvalue weighted by Crippen LogP contribution is -2.49. The molecule has 1 aliphatic carbocycles. The van der Waals surface area contributed by atoms with Gasteiger partial charge in [0.05, 0.1) is 17.5 Å². The Balaban J connectivity index is 1.90. The number of nitrogens with one attached hydrogen (secondary N) is 1. The van der Waals surface area contributed by atoms with Crippen LogP contribution in [0.5, 0.6) is 0 Å². The van der Waals surface area contributed by atoms with Crippen LogP contribution in [0.25, 0.3) is 10.7 Å². The maximum atomic E-state index is 9.69. The standard InChI is InChI=1S/C15H18N4S/c1-2-18-15(10-16,12-5-6-12)11-19-8-7-17-14(19)13-4-3-9-20-13/h3-4,7-9,12,18H,2,5-6,11H2,1H3.